The van der Waals surface area contributed by atoms with Crippen LogP contribution in [-0.2, 0) is 4.79 Å². The quantitative estimate of drug-likeness (QED) is 0.809. The molecule has 0 atom stereocenters. The van der Waals surface area contributed by atoms with Gasteiger partial charge in [-0.3, -0.25) is 9.59 Å². The highest BCUT2D eigenvalue weighted by molar-refractivity contribution is 6.30. The first-order valence-corrected chi connectivity index (χ1v) is 8.52. The largest absolute Gasteiger partial charge is 0.484 e. The van der Waals surface area contributed by atoms with Gasteiger partial charge in [0, 0.05) is 17.1 Å². The molecule has 0 spiro atoms. The highest BCUT2D eigenvalue weighted by Crippen LogP contribution is 2.60. The summed E-state index contributed by atoms with van der Waals surface area (Å²) in [5.41, 5.74) is -0.556. The zero-order chi connectivity index (χ0) is 18.4. The molecule has 3 fully saturated rings. The Morgan fingerprint density at radius 1 is 1.19 bits per heavy atom. The number of benzene rings is 1. The molecule has 26 heavy (non-hydrogen) atoms. The van der Waals surface area contributed by atoms with Crippen LogP contribution in [-0.4, -0.2) is 29.5 Å². The van der Waals surface area contributed by atoms with Gasteiger partial charge in [-0.05, 0) is 43.5 Å². The minimum Gasteiger partial charge on any atom is -0.484 e. The zero-order valence-electron chi connectivity index (χ0n) is 13.7. The molecule has 5 rings (SSSR count). The molecule has 1 aromatic heterocycles. The first-order valence-electron chi connectivity index (χ1n) is 8.14. The van der Waals surface area contributed by atoms with Crippen LogP contribution in [0.25, 0.3) is 0 Å². The van der Waals surface area contributed by atoms with E-state index in [0.717, 1.165) is 6.07 Å². The minimum atomic E-state index is -0.599. The number of amides is 2. The molecule has 2 bridgehead atoms. The minimum absolute atomic E-state index is 0.00226. The van der Waals surface area contributed by atoms with Crippen molar-refractivity contribution in [1.82, 2.24) is 10.6 Å². The molecule has 3 aliphatic rings. The number of hydrogen-bond donors (Lipinski definition) is 2. The summed E-state index contributed by atoms with van der Waals surface area (Å²) in [6.45, 7) is -0.214. The SMILES string of the molecule is O=C(COc1ccc(Cl)c(F)c1)NC12CC(NC(=O)c3ccco3)(C1)C2. The van der Waals surface area contributed by atoms with Gasteiger partial charge in [-0.1, -0.05) is 11.6 Å². The highest BCUT2D eigenvalue weighted by atomic mass is 35.5. The van der Waals surface area contributed by atoms with E-state index in [2.05, 4.69) is 10.6 Å². The van der Waals surface area contributed by atoms with E-state index in [1.54, 1.807) is 12.1 Å². The van der Waals surface area contributed by atoms with Gasteiger partial charge in [-0.2, -0.15) is 0 Å². The van der Waals surface area contributed by atoms with Crippen LogP contribution < -0.4 is 15.4 Å². The van der Waals surface area contributed by atoms with Crippen molar-refractivity contribution in [2.24, 2.45) is 0 Å². The van der Waals surface area contributed by atoms with E-state index in [9.17, 15) is 14.0 Å². The Labute approximate surface area is 153 Å². The van der Waals surface area contributed by atoms with Gasteiger partial charge in [0.15, 0.2) is 12.4 Å². The maximum absolute atomic E-state index is 13.3. The van der Waals surface area contributed by atoms with E-state index < -0.39 is 5.82 Å². The van der Waals surface area contributed by atoms with Crippen molar-refractivity contribution in [3.8, 4) is 5.75 Å². The van der Waals surface area contributed by atoms with Crippen LogP contribution in [0, 0.1) is 5.82 Å². The molecule has 3 aliphatic carbocycles. The molecule has 136 valence electrons. The van der Waals surface area contributed by atoms with Gasteiger partial charge in [-0.15, -0.1) is 0 Å². The molecule has 6 nitrogen and oxygen atoms in total. The van der Waals surface area contributed by atoms with Gasteiger partial charge in [0.1, 0.15) is 11.6 Å². The Hall–Kier alpha value is -2.54. The first-order chi connectivity index (χ1) is 12.4. The molecule has 0 saturated heterocycles. The van der Waals surface area contributed by atoms with Crippen molar-refractivity contribution < 1.29 is 23.1 Å². The van der Waals surface area contributed by atoms with Gasteiger partial charge in [0.05, 0.1) is 11.3 Å². The molecular formula is C18H16ClFN2O4. The van der Waals surface area contributed by atoms with Gasteiger partial charge in [0.25, 0.3) is 11.8 Å². The lowest BCUT2D eigenvalue weighted by Crippen LogP contribution is -2.84. The monoisotopic (exact) mass is 378 g/mol. The summed E-state index contributed by atoms with van der Waals surface area (Å²) in [4.78, 5) is 24.1. The second-order valence-corrected chi connectivity index (χ2v) is 7.34. The van der Waals surface area contributed by atoms with E-state index >= 15 is 0 Å². The lowest BCUT2D eigenvalue weighted by molar-refractivity contribution is -0.141. The summed E-state index contributed by atoms with van der Waals surface area (Å²) in [5.74, 6) is -0.620. The van der Waals surface area contributed by atoms with Crippen LogP contribution in [0.15, 0.2) is 41.0 Å². The van der Waals surface area contributed by atoms with Crippen molar-refractivity contribution in [2.75, 3.05) is 6.61 Å². The summed E-state index contributed by atoms with van der Waals surface area (Å²) in [7, 11) is 0. The van der Waals surface area contributed by atoms with Crippen molar-refractivity contribution in [2.45, 2.75) is 30.3 Å². The smallest absolute Gasteiger partial charge is 0.287 e. The van der Waals surface area contributed by atoms with Crippen LogP contribution in [0.1, 0.15) is 29.8 Å². The number of nitrogens with one attached hydrogen (secondary N) is 2. The highest BCUT2D eigenvalue weighted by Gasteiger charge is 2.69. The maximum atomic E-state index is 13.3. The third-order valence-corrected chi connectivity index (χ3v) is 5.13. The number of ether oxygens (including phenoxy) is 1. The number of hydrogen-bond acceptors (Lipinski definition) is 4. The molecule has 1 aromatic carbocycles. The van der Waals surface area contributed by atoms with Crippen molar-refractivity contribution in [3.05, 3.63) is 53.2 Å². The van der Waals surface area contributed by atoms with Crippen LogP contribution in [0.4, 0.5) is 4.39 Å². The lowest BCUT2D eigenvalue weighted by Gasteiger charge is -2.70. The van der Waals surface area contributed by atoms with Crippen molar-refractivity contribution >= 4 is 23.4 Å². The average molecular weight is 379 g/mol. The molecule has 1 heterocycles. The first kappa shape index (κ1) is 16.9. The van der Waals surface area contributed by atoms with Crippen LogP contribution >= 0.6 is 11.6 Å². The molecule has 2 aromatic rings. The van der Waals surface area contributed by atoms with Crippen LogP contribution in [0.3, 0.4) is 0 Å². The molecule has 3 saturated carbocycles. The fourth-order valence-electron chi connectivity index (χ4n) is 3.81. The summed E-state index contributed by atoms with van der Waals surface area (Å²) >= 11 is 5.60. The third-order valence-electron chi connectivity index (χ3n) is 4.82. The number of halogens is 2. The maximum Gasteiger partial charge on any atom is 0.287 e. The number of furan rings is 1. The molecule has 2 amide bonds. The summed E-state index contributed by atoms with van der Waals surface area (Å²) < 4.78 is 23.7. The Bertz CT molecular complexity index is 848. The van der Waals surface area contributed by atoms with Crippen LogP contribution in [0.5, 0.6) is 5.75 Å². The third kappa shape index (κ3) is 3.03. The molecular weight excluding hydrogens is 363 g/mol. The Balaban J connectivity index is 1.23. The lowest BCUT2D eigenvalue weighted by atomic mass is 9.44. The second-order valence-electron chi connectivity index (χ2n) is 6.94. The Morgan fingerprint density at radius 2 is 1.92 bits per heavy atom. The normalized spacial score (nSPS) is 25.6. The predicted octanol–water partition coefficient (Wildman–Crippen LogP) is 2.67. The summed E-state index contributed by atoms with van der Waals surface area (Å²) in [6.07, 6.45) is 3.47. The Kier molecular flexibility index (Phi) is 3.91. The molecule has 0 unspecified atom stereocenters. The summed E-state index contributed by atoms with van der Waals surface area (Å²) in [5, 5.41) is 5.89. The van der Waals surface area contributed by atoms with Gasteiger partial charge in [-0.25, -0.2) is 4.39 Å². The number of rotatable bonds is 6. The molecule has 2 N–H and O–H groups in total. The molecule has 0 radical (unpaired) electrons. The fourth-order valence-corrected chi connectivity index (χ4v) is 3.93. The number of carbonyl (C=O) groups is 2. The van der Waals surface area contributed by atoms with Gasteiger partial charge < -0.3 is 19.8 Å². The van der Waals surface area contributed by atoms with E-state index in [-0.39, 0.29) is 46.0 Å². The van der Waals surface area contributed by atoms with E-state index in [0.29, 0.717) is 19.3 Å². The predicted molar refractivity (Wildman–Crippen MR) is 90.5 cm³/mol. The van der Waals surface area contributed by atoms with Gasteiger partial charge in [0.2, 0.25) is 0 Å². The van der Waals surface area contributed by atoms with E-state index in [1.165, 1.54) is 18.4 Å². The van der Waals surface area contributed by atoms with E-state index in [1.807, 2.05) is 0 Å². The average Bonchev–Trinajstić information content (AvgIpc) is 3.07. The topological polar surface area (TPSA) is 80.6 Å². The number of carbonyl (C=O) groups excluding carboxylic acids is 2. The zero-order valence-corrected chi connectivity index (χ0v) is 14.4. The standard InChI is InChI=1S/C18H16ClFN2O4/c19-12-4-3-11(6-13(12)20)26-7-15(23)21-17-8-18(9-17,10-17)22-16(24)14-2-1-5-25-14/h1-6H,7-10H2,(H,21,23)(H,22,24). The van der Waals surface area contributed by atoms with Crippen LogP contribution in [0.2, 0.25) is 5.02 Å². The Morgan fingerprint density at radius 3 is 2.58 bits per heavy atom. The summed E-state index contributed by atoms with van der Waals surface area (Å²) in [6, 6.07) is 7.27. The van der Waals surface area contributed by atoms with E-state index in [4.69, 9.17) is 20.8 Å². The molecule has 0 aliphatic heterocycles. The molecule has 8 heteroatoms. The van der Waals surface area contributed by atoms with Gasteiger partial charge >= 0.3 is 0 Å². The van der Waals surface area contributed by atoms with Crippen molar-refractivity contribution in [1.29, 1.82) is 0 Å². The fraction of sp³-hybridized carbons (Fsp3) is 0.333. The second kappa shape index (κ2) is 6.02. The van der Waals surface area contributed by atoms with Crippen molar-refractivity contribution in [3.63, 3.8) is 0 Å².